The second-order valence-electron chi connectivity index (χ2n) is 5.33. The lowest BCUT2D eigenvalue weighted by molar-refractivity contribution is -0.134. The third kappa shape index (κ3) is 3.22. The molecular weight excluding hydrogens is 268 g/mol. The van der Waals surface area contributed by atoms with Crippen molar-refractivity contribution in [3.8, 4) is 0 Å². The predicted molar refractivity (Wildman–Crippen MR) is 78.9 cm³/mol. The van der Waals surface area contributed by atoms with Gasteiger partial charge >= 0.3 is 0 Å². The number of carbonyl (C=O) groups is 1. The number of hydrogen-bond donors (Lipinski definition) is 1. The topological polar surface area (TPSA) is 58.9 Å². The fourth-order valence-electron chi connectivity index (χ4n) is 2.53. The molecular formula is C15H20N4O2. The first-order chi connectivity index (χ1) is 10.2. The number of nitrogens with zero attached hydrogens (tertiary/aromatic N) is 3. The molecule has 1 aliphatic rings. The van der Waals surface area contributed by atoms with E-state index < -0.39 is 0 Å². The molecule has 0 bridgehead atoms. The van der Waals surface area contributed by atoms with Crippen molar-refractivity contribution in [1.29, 1.82) is 0 Å². The van der Waals surface area contributed by atoms with Gasteiger partial charge in [0.15, 0.2) is 0 Å². The number of pyridine rings is 1. The zero-order valence-electron chi connectivity index (χ0n) is 12.2. The van der Waals surface area contributed by atoms with Crippen LogP contribution in [0, 0.1) is 0 Å². The maximum absolute atomic E-state index is 12.3. The van der Waals surface area contributed by atoms with Crippen molar-refractivity contribution in [2.75, 3.05) is 26.7 Å². The fourth-order valence-corrected chi connectivity index (χ4v) is 2.53. The van der Waals surface area contributed by atoms with Gasteiger partial charge in [0.05, 0.1) is 37.6 Å². The van der Waals surface area contributed by atoms with Gasteiger partial charge in [0, 0.05) is 26.3 Å². The average Bonchev–Trinajstić information content (AvgIpc) is 2.91. The highest BCUT2D eigenvalue weighted by molar-refractivity contribution is 5.76. The smallest absolute Gasteiger partial charge is 0.225 e. The largest absolute Gasteiger partial charge is 0.375 e. The summed E-state index contributed by atoms with van der Waals surface area (Å²) in [5, 5.41) is 3.24. The molecule has 0 aliphatic carbocycles. The molecule has 1 amide bonds. The zero-order chi connectivity index (χ0) is 14.7. The van der Waals surface area contributed by atoms with Crippen molar-refractivity contribution in [3.05, 3.63) is 36.3 Å². The van der Waals surface area contributed by atoms with E-state index in [1.54, 1.807) is 4.90 Å². The van der Waals surface area contributed by atoms with Crippen molar-refractivity contribution < 1.29 is 9.53 Å². The summed E-state index contributed by atoms with van der Waals surface area (Å²) < 4.78 is 7.58. The number of amides is 1. The van der Waals surface area contributed by atoms with Crippen LogP contribution in [-0.2, 0) is 16.1 Å². The summed E-state index contributed by atoms with van der Waals surface area (Å²) in [5.74, 6) is 0.0922. The minimum atomic E-state index is -0.0177. The highest BCUT2D eigenvalue weighted by atomic mass is 16.5. The van der Waals surface area contributed by atoms with Gasteiger partial charge in [-0.25, -0.2) is 4.98 Å². The molecule has 1 N–H and O–H groups in total. The van der Waals surface area contributed by atoms with Crippen molar-refractivity contribution in [1.82, 2.24) is 19.6 Å². The standard InChI is InChI=1S/C15H20N4O2/c1-18(15(20)8-13-10-16-5-7-21-13)11-12-9-17-14-4-2-3-6-19(12)14/h2-4,6,9,13,16H,5,7-8,10-11H2,1H3/t13-/m0/s1. The molecule has 6 nitrogen and oxygen atoms in total. The minimum absolute atomic E-state index is 0.0177. The van der Waals surface area contributed by atoms with Gasteiger partial charge in [-0.2, -0.15) is 0 Å². The third-order valence-electron chi connectivity index (χ3n) is 3.73. The molecule has 0 saturated carbocycles. The van der Waals surface area contributed by atoms with Crippen LogP contribution >= 0.6 is 0 Å². The van der Waals surface area contributed by atoms with Gasteiger partial charge in [-0.05, 0) is 12.1 Å². The quantitative estimate of drug-likeness (QED) is 0.898. The Hall–Kier alpha value is -1.92. The molecule has 1 aliphatic heterocycles. The summed E-state index contributed by atoms with van der Waals surface area (Å²) in [7, 11) is 1.82. The number of carbonyl (C=O) groups excluding carboxylic acids is 1. The summed E-state index contributed by atoms with van der Waals surface area (Å²) in [5.41, 5.74) is 1.90. The number of fused-ring (bicyclic) bond motifs is 1. The van der Waals surface area contributed by atoms with Crippen LogP contribution in [0.2, 0.25) is 0 Å². The SMILES string of the molecule is CN(Cc1cnc2ccccn12)C(=O)C[C@H]1CNCCO1. The number of rotatable bonds is 4. The number of aromatic nitrogens is 2. The van der Waals surface area contributed by atoms with Gasteiger partial charge in [0.2, 0.25) is 5.91 Å². The van der Waals surface area contributed by atoms with E-state index in [4.69, 9.17) is 4.74 Å². The first-order valence-corrected chi connectivity index (χ1v) is 7.21. The summed E-state index contributed by atoms with van der Waals surface area (Å²) in [6.45, 7) is 2.83. The van der Waals surface area contributed by atoms with Crippen LogP contribution in [0.25, 0.3) is 5.65 Å². The van der Waals surface area contributed by atoms with E-state index in [-0.39, 0.29) is 12.0 Å². The van der Waals surface area contributed by atoms with Crippen LogP contribution in [0.5, 0.6) is 0 Å². The molecule has 6 heteroatoms. The van der Waals surface area contributed by atoms with Crippen LogP contribution < -0.4 is 5.32 Å². The van der Waals surface area contributed by atoms with Gasteiger partial charge in [0.25, 0.3) is 0 Å². The molecule has 0 spiro atoms. The van der Waals surface area contributed by atoms with Gasteiger partial charge in [0.1, 0.15) is 5.65 Å². The number of hydrogen-bond acceptors (Lipinski definition) is 4. The van der Waals surface area contributed by atoms with Gasteiger partial charge in [-0.1, -0.05) is 6.07 Å². The van der Waals surface area contributed by atoms with Crippen molar-refractivity contribution in [2.24, 2.45) is 0 Å². The first kappa shape index (κ1) is 14.0. The Kier molecular flexibility index (Phi) is 4.17. The van der Waals surface area contributed by atoms with Crippen LogP contribution in [0.15, 0.2) is 30.6 Å². The van der Waals surface area contributed by atoms with Crippen molar-refractivity contribution in [2.45, 2.75) is 19.1 Å². The summed E-state index contributed by atoms with van der Waals surface area (Å²) >= 11 is 0. The minimum Gasteiger partial charge on any atom is -0.375 e. The Morgan fingerprint density at radius 2 is 2.48 bits per heavy atom. The predicted octanol–water partition coefficient (Wildman–Crippen LogP) is 0.671. The molecule has 0 radical (unpaired) electrons. The Labute approximate surface area is 123 Å². The molecule has 0 unspecified atom stereocenters. The maximum atomic E-state index is 12.3. The Bertz CT molecular complexity index is 619. The van der Waals surface area contributed by atoms with E-state index >= 15 is 0 Å². The molecule has 0 aromatic carbocycles. The van der Waals surface area contributed by atoms with E-state index in [1.807, 2.05) is 42.0 Å². The number of nitrogens with one attached hydrogen (secondary N) is 1. The van der Waals surface area contributed by atoms with E-state index in [0.717, 1.165) is 24.4 Å². The van der Waals surface area contributed by atoms with Gasteiger partial charge in [-0.3, -0.25) is 4.79 Å². The number of ether oxygens (including phenoxy) is 1. The summed E-state index contributed by atoms with van der Waals surface area (Å²) in [4.78, 5) is 18.3. The molecule has 2 aromatic rings. The average molecular weight is 288 g/mol. The lowest BCUT2D eigenvalue weighted by atomic mass is 10.2. The zero-order valence-corrected chi connectivity index (χ0v) is 12.2. The molecule has 1 fully saturated rings. The number of imidazole rings is 1. The Morgan fingerprint density at radius 3 is 3.29 bits per heavy atom. The molecule has 1 atom stereocenters. The normalized spacial score (nSPS) is 18.8. The van der Waals surface area contributed by atoms with Crippen molar-refractivity contribution in [3.63, 3.8) is 0 Å². The second kappa shape index (κ2) is 6.24. The van der Waals surface area contributed by atoms with Gasteiger partial charge in [-0.15, -0.1) is 0 Å². The monoisotopic (exact) mass is 288 g/mol. The van der Waals surface area contributed by atoms with Crippen LogP contribution in [0.3, 0.4) is 0 Å². The first-order valence-electron chi connectivity index (χ1n) is 7.21. The van der Waals surface area contributed by atoms with Crippen molar-refractivity contribution >= 4 is 11.6 Å². The number of morpholine rings is 1. The molecule has 3 heterocycles. The second-order valence-corrected chi connectivity index (χ2v) is 5.33. The summed E-state index contributed by atoms with van der Waals surface area (Å²) in [6.07, 6.45) is 4.18. The van der Waals surface area contributed by atoms with Crippen LogP contribution in [-0.4, -0.2) is 53.0 Å². The van der Waals surface area contributed by atoms with Crippen LogP contribution in [0.1, 0.15) is 12.1 Å². The summed E-state index contributed by atoms with van der Waals surface area (Å²) in [6, 6.07) is 5.86. The van der Waals surface area contributed by atoms with E-state index in [1.165, 1.54) is 0 Å². The lowest BCUT2D eigenvalue weighted by Gasteiger charge is -2.25. The molecule has 3 rings (SSSR count). The highest BCUT2D eigenvalue weighted by Gasteiger charge is 2.20. The van der Waals surface area contributed by atoms with E-state index in [0.29, 0.717) is 19.6 Å². The third-order valence-corrected chi connectivity index (χ3v) is 3.73. The van der Waals surface area contributed by atoms with Crippen LogP contribution in [0.4, 0.5) is 0 Å². The lowest BCUT2D eigenvalue weighted by Crippen LogP contribution is -2.41. The molecule has 1 saturated heterocycles. The van der Waals surface area contributed by atoms with E-state index in [9.17, 15) is 4.79 Å². The maximum Gasteiger partial charge on any atom is 0.225 e. The Morgan fingerprint density at radius 1 is 1.57 bits per heavy atom. The highest BCUT2D eigenvalue weighted by Crippen LogP contribution is 2.10. The fraction of sp³-hybridized carbons (Fsp3) is 0.467. The van der Waals surface area contributed by atoms with Gasteiger partial charge < -0.3 is 19.4 Å². The van der Waals surface area contributed by atoms with E-state index in [2.05, 4.69) is 10.3 Å². The molecule has 21 heavy (non-hydrogen) atoms. The molecule has 112 valence electrons. The molecule has 2 aromatic heterocycles. The Balaban J connectivity index is 1.62.